The van der Waals surface area contributed by atoms with Crippen LogP contribution in [0.1, 0.15) is 28.1 Å². The van der Waals surface area contributed by atoms with Crippen molar-refractivity contribution in [3.63, 3.8) is 0 Å². The van der Waals surface area contributed by atoms with Gasteiger partial charge in [-0.1, -0.05) is 42.5 Å². The van der Waals surface area contributed by atoms with Crippen LogP contribution in [0.25, 0.3) is 10.6 Å². The molecule has 30 heavy (non-hydrogen) atoms. The predicted molar refractivity (Wildman–Crippen MR) is 121 cm³/mol. The Balaban J connectivity index is 1.22. The molecule has 1 saturated heterocycles. The van der Waals surface area contributed by atoms with Gasteiger partial charge in [0.05, 0.1) is 13.3 Å². The van der Waals surface area contributed by atoms with E-state index in [1.54, 1.807) is 13.3 Å². The minimum atomic E-state index is -0.0182. The van der Waals surface area contributed by atoms with Crippen LogP contribution in [0.3, 0.4) is 0 Å². The van der Waals surface area contributed by atoms with Crippen LogP contribution in [-0.4, -0.2) is 42.5 Å². The van der Waals surface area contributed by atoms with E-state index < -0.39 is 0 Å². The van der Waals surface area contributed by atoms with Gasteiger partial charge in [0.25, 0.3) is 5.91 Å². The lowest BCUT2D eigenvalue weighted by molar-refractivity contribution is 0.0939. The fourth-order valence-electron chi connectivity index (χ4n) is 3.76. The topological polar surface area (TPSA) is 54.5 Å². The van der Waals surface area contributed by atoms with Crippen LogP contribution in [-0.2, 0) is 6.54 Å². The molecule has 0 atom stereocenters. The molecule has 0 bridgehead atoms. The number of rotatable bonds is 7. The molecule has 2 aromatic carbocycles. The number of piperidine rings is 1. The van der Waals surface area contributed by atoms with Gasteiger partial charge in [-0.2, -0.15) is 0 Å². The molecule has 0 saturated carbocycles. The van der Waals surface area contributed by atoms with Gasteiger partial charge < -0.3 is 10.1 Å². The van der Waals surface area contributed by atoms with Crippen LogP contribution in [0.2, 0.25) is 0 Å². The van der Waals surface area contributed by atoms with Gasteiger partial charge in [-0.15, -0.1) is 11.3 Å². The maximum atomic E-state index is 12.5. The zero-order valence-electron chi connectivity index (χ0n) is 17.2. The van der Waals surface area contributed by atoms with Crippen molar-refractivity contribution in [1.82, 2.24) is 15.2 Å². The SMILES string of the molecule is COc1ccc(CN2CCC(CNC(=O)c3cnc(-c4ccccc4)s3)CC2)cc1. The highest BCUT2D eigenvalue weighted by molar-refractivity contribution is 7.16. The summed E-state index contributed by atoms with van der Waals surface area (Å²) >= 11 is 1.44. The Hall–Kier alpha value is -2.70. The summed E-state index contributed by atoms with van der Waals surface area (Å²) in [4.78, 5) is 20.1. The highest BCUT2D eigenvalue weighted by atomic mass is 32.1. The van der Waals surface area contributed by atoms with Gasteiger partial charge in [-0.05, 0) is 49.5 Å². The molecular weight excluding hydrogens is 394 g/mol. The smallest absolute Gasteiger partial charge is 0.263 e. The highest BCUT2D eigenvalue weighted by Crippen LogP contribution is 2.25. The Morgan fingerprint density at radius 3 is 2.57 bits per heavy atom. The van der Waals surface area contributed by atoms with E-state index in [1.165, 1.54) is 16.9 Å². The molecule has 1 aliphatic rings. The van der Waals surface area contributed by atoms with E-state index in [0.717, 1.165) is 55.3 Å². The fourth-order valence-corrected chi connectivity index (χ4v) is 4.59. The number of benzene rings is 2. The standard InChI is InChI=1S/C24H27N3O2S/c1-29-21-9-7-19(8-10-21)17-27-13-11-18(12-14-27)15-25-23(28)22-16-26-24(30-22)20-5-3-2-4-6-20/h2-10,16,18H,11-15,17H2,1H3,(H,25,28). The van der Waals surface area contributed by atoms with Gasteiger partial charge in [0, 0.05) is 18.7 Å². The van der Waals surface area contributed by atoms with Crippen LogP contribution >= 0.6 is 11.3 Å². The second kappa shape index (κ2) is 9.87. The first-order valence-corrected chi connectivity index (χ1v) is 11.2. The quantitative estimate of drug-likeness (QED) is 0.612. The van der Waals surface area contributed by atoms with E-state index in [1.807, 2.05) is 42.5 Å². The lowest BCUT2D eigenvalue weighted by Crippen LogP contribution is -2.38. The Bertz CT molecular complexity index is 948. The number of carbonyl (C=O) groups is 1. The monoisotopic (exact) mass is 421 g/mol. The fraction of sp³-hybridized carbons (Fsp3) is 0.333. The largest absolute Gasteiger partial charge is 0.497 e. The minimum absolute atomic E-state index is 0.0182. The molecule has 0 radical (unpaired) electrons. The number of thiazole rings is 1. The first kappa shape index (κ1) is 20.6. The number of amides is 1. The van der Waals surface area contributed by atoms with Crippen LogP contribution in [0, 0.1) is 5.92 Å². The van der Waals surface area contributed by atoms with Crippen molar-refractivity contribution in [3.8, 4) is 16.3 Å². The second-order valence-electron chi connectivity index (χ2n) is 7.67. The zero-order chi connectivity index (χ0) is 20.8. The summed E-state index contributed by atoms with van der Waals surface area (Å²) < 4.78 is 5.22. The molecule has 2 heterocycles. The molecule has 5 nitrogen and oxygen atoms in total. The molecule has 1 N–H and O–H groups in total. The summed E-state index contributed by atoms with van der Waals surface area (Å²) in [5.74, 6) is 1.41. The Morgan fingerprint density at radius 2 is 1.87 bits per heavy atom. The summed E-state index contributed by atoms with van der Waals surface area (Å²) in [5.41, 5.74) is 2.35. The van der Waals surface area contributed by atoms with Crippen molar-refractivity contribution in [1.29, 1.82) is 0 Å². The molecule has 0 aliphatic carbocycles. The molecule has 156 valence electrons. The van der Waals surface area contributed by atoms with Gasteiger partial charge in [0.15, 0.2) is 0 Å². The first-order chi connectivity index (χ1) is 14.7. The van der Waals surface area contributed by atoms with Crippen LogP contribution < -0.4 is 10.1 Å². The van der Waals surface area contributed by atoms with E-state index in [4.69, 9.17) is 4.74 Å². The number of aromatic nitrogens is 1. The van der Waals surface area contributed by atoms with Crippen molar-refractivity contribution in [2.75, 3.05) is 26.7 Å². The minimum Gasteiger partial charge on any atom is -0.497 e. The van der Waals surface area contributed by atoms with Crippen molar-refractivity contribution in [2.45, 2.75) is 19.4 Å². The molecule has 1 aromatic heterocycles. The Morgan fingerprint density at radius 1 is 1.13 bits per heavy atom. The number of nitrogens with one attached hydrogen (secondary N) is 1. The van der Waals surface area contributed by atoms with E-state index >= 15 is 0 Å². The number of carbonyl (C=O) groups excluding carboxylic acids is 1. The average molecular weight is 422 g/mol. The van der Waals surface area contributed by atoms with Gasteiger partial charge >= 0.3 is 0 Å². The molecule has 1 aliphatic heterocycles. The molecule has 6 heteroatoms. The molecule has 4 rings (SSSR count). The van der Waals surface area contributed by atoms with Gasteiger partial charge in [0.2, 0.25) is 0 Å². The lowest BCUT2D eigenvalue weighted by atomic mass is 9.96. The van der Waals surface area contributed by atoms with E-state index in [-0.39, 0.29) is 5.91 Å². The maximum Gasteiger partial charge on any atom is 0.263 e. The number of hydrogen-bond acceptors (Lipinski definition) is 5. The number of likely N-dealkylation sites (tertiary alicyclic amines) is 1. The van der Waals surface area contributed by atoms with Crippen molar-refractivity contribution >= 4 is 17.2 Å². The van der Waals surface area contributed by atoms with Crippen LogP contribution in [0.5, 0.6) is 5.75 Å². The maximum absolute atomic E-state index is 12.5. The molecule has 1 amide bonds. The number of nitrogens with zero attached hydrogens (tertiary/aromatic N) is 2. The molecule has 0 spiro atoms. The average Bonchev–Trinajstić information content (AvgIpc) is 3.30. The summed E-state index contributed by atoms with van der Waals surface area (Å²) in [6.45, 7) is 3.82. The lowest BCUT2D eigenvalue weighted by Gasteiger charge is -2.32. The van der Waals surface area contributed by atoms with Crippen molar-refractivity contribution in [3.05, 3.63) is 71.2 Å². The third-order valence-corrected chi connectivity index (χ3v) is 6.62. The third-order valence-electron chi connectivity index (χ3n) is 5.57. The Labute approximate surface area is 181 Å². The van der Waals surface area contributed by atoms with Gasteiger partial charge in [0.1, 0.15) is 15.6 Å². The van der Waals surface area contributed by atoms with Gasteiger partial charge in [-0.3, -0.25) is 9.69 Å². The summed E-state index contributed by atoms with van der Waals surface area (Å²) in [5, 5.41) is 3.99. The predicted octanol–water partition coefficient (Wildman–Crippen LogP) is 4.46. The zero-order valence-corrected chi connectivity index (χ0v) is 18.0. The summed E-state index contributed by atoms with van der Waals surface area (Å²) in [6, 6.07) is 18.3. The number of methoxy groups -OCH3 is 1. The number of ether oxygens (including phenoxy) is 1. The third kappa shape index (κ3) is 5.26. The van der Waals surface area contributed by atoms with Crippen LogP contribution in [0.4, 0.5) is 0 Å². The van der Waals surface area contributed by atoms with Gasteiger partial charge in [-0.25, -0.2) is 4.98 Å². The van der Waals surface area contributed by atoms with E-state index in [0.29, 0.717) is 10.8 Å². The summed E-state index contributed by atoms with van der Waals surface area (Å²) in [6.07, 6.45) is 3.89. The number of hydrogen-bond donors (Lipinski definition) is 1. The van der Waals surface area contributed by atoms with E-state index in [9.17, 15) is 4.79 Å². The molecule has 3 aromatic rings. The van der Waals surface area contributed by atoms with E-state index in [2.05, 4.69) is 27.3 Å². The highest BCUT2D eigenvalue weighted by Gasteiger charge is 2.20. The normalized spacial score (nSPS) is 15.1. The Kier molecular flexibility index (Phi) is 6.77. The summed E-state index contributed by atoms with van der Waals surface area (Å²) in [7, 11) is 1.69. The molecular formula is C24H27N3O2S. The van der Waals surface area contributed by atoms with Crippen molar-refractivity contribution < 1.29 is 9.53 Å². The molecule has 1 fully saturated rings. The van der Waals surface area contributed by atoms with Crippen LogP contribution in [0.15, 0.2) is 60.8 Å². The first-order valence-electron chi connectivity index (χ1n) is 10.4. The molecule has 0 unspecified atom stereocenters. The van der Waals surface area contributed by atoms with Crippen molar-refractivity contribution in [2.24, 2.45) is 5.92 Å². The second-order valence-corrected chi connectivity index (χ2v) is 8.70.